The van der Waals surface area contributed by atoms with Crippen LogP contribution in [-0.2, 0) is 9.53 Å². The molecule has 2 rings (SSSR count). The summed E-state index contributed by atoms with van der Waals surface area (Å²) < 4.78 is 5.17. The Bertz CT molecular complexity index is 369. The fourth-order valence-corrected chi connectivity index (χ4v) is 1.89. The first-order valence-electron chi connectivity index (χ1n) is 5.39. The molecular formula is C13H16O2. The summed E-state index contributed by atoms with van der Waals surface area (Å²) >= 11 is 0. The van der Waals surface area contributed by atoms with Gasteiger partial charge in [-0.25, -0.2) is 0 Å². The topological polar surface area (TPSA) is 26.3 Å². The first-order chi connectivity index (χ1) is 7.18. The van der Waals surface area contributed by atoms with Crippen LogP contribution in [0.4, 0.5) is 0 Å². The Morgan fingerprint density at radius 1 is 1.40 bits per heavy atom. The Balaban J connectivity index is 2.28. The minimum atomic E-state index is -0.0382. The summed E-state index contributed by atoms with van der Waals surface area (Å²) in [5.74, 6) is 0.668. The van der Waals surface area contributed by atoms with Gasteiger partial charge < -0.3 is 4.74 Å². The van der Waals surface area contributed by atoms with E-state index in [1.54, 1.807) is 0 Å². The van der Waals surface area contributed by atoms with E-state index >= 15 is 0 Å². The predicted octanol–water partition coefficient (Wildman–Crippen LogP) is 2.49. The molecule has 80 valence electrons. The molecule has 1 saturated heterocycles. The summed E-state index contributed by atoms with van der Waals surface area (Å²) in [5.41, 5.74) is 2.39. The highest BCUT2D eigenvalue weighted by atomic mass is 16.5. The Kier molecular flexibility index (Phi) is 2.87. The number of benzene rings is 1. The van der Waals surface area contributed by atoms with Gasteiger partial charge in [0.2, 0.25) is 0 Å². The largest absolute Gasteiger partial charge is 0.373 e. The summed E-state index contributed by atoms with van der Waals surface area (Å²) in [7, 11) is 0. The second kappa shape index (κ2) is 4.15. The third-order valence-corrected chi connectivity index (χ3v) is 2.90. The van der Waals surface area contributed by atoms with Crippen molar-refractivity contribution in [2.24, 2.45) is 0 Å². The van der Waals surface area contributed by atoms with Crippen LogP contribution in [0.25, 0.3) is 0 Å². The number of ketones is 1. The van der Waals surface area contributed by atoms with Crippen molar-refractivity contribution in [3.05, 3.63) is 35.4 Å². The van der Waals surface area contributed by atoms with Gasteiger partial charge in [0.1, 0.15) is 6.61 Å². The van der Waals surface area contributed by atoms with E-state index in [4.69, 9.17) is 4.74 Å². The van der Waals surface area contributed by atoms with Gasteiger partial charge in [-0.2, -0.15) is 0 Å². The van der Waals surface area contributed by atoms with Crippen molar-refractivity contribution in [3.63, 3.8) is 0 Å². The van der Waals surface area contributed by atoms with Crippen LogP contribution >= 0.6 is 0 Å². The number of Topliss-reactive ketones (excluding diaryl/α,β-unsaturated/α-hetero) is 1. The number of ether oxygens (including phenoxy) is 1. The Morgan fingerprint density at radius 3 is 2.80 bits per heavy atom. The second-order valence-electron chi connectivity index (χ2n) is 4.36. The van der Waals surface area contributed by atoms with Crippen LogP contribution in [0.3, 0.4) is 0 Å². The molecule has 1 aliphatic rings. The molecule has 0 bridgehead atoms. The summed E-state index contributed by atoms with van der Waals surface area (Å²) in [6.07, 6.45) is 0. The zero-order chi connectivity index (χ0) is 10.8. The van der Waals surface area contributed by atoms with Crippen molar-refractivity contribution < 1.29 is 9.53 Å². The monoisotopic (exact) mass is 204 g/mol. The fourth-order valence-electron chi connectivity index (χ4n) is 1.89. The molecule has 1 heterocycles. The smallest absolute Gasteiger partial charge is 0.168 e. The minimum absolute atomic E-state index is 0.0382. The minimum Gasteiger partial charge on any atom is -0.373 e. The molecule has 0 amide bonds. The molecule has 0 spiro atoms. The molecule has 0 aromatic heterocycles. The summed E-state index contributed by atoms with van der Waals surface area (Å²) in [5, 5.41) is 0. The molecule has 1 fully saturated rings. The number of hydrogen-bond donors (Lipinski definition) is 0. The molecule has 0 N–H and O–H groups in total. The number of carbonyl (C=O) groups excluding carboxylic acids is 1. The van der Waals surface area contributed by atoms with Crippen LogP contribution in [0.15, 0.2) is 24.3 Å². The quantitative estimate of drug-likeness (QED) is 0.739. The van der Waals surface area contributed by atoms with Gasteiger partial charge in [-0.3, -0.25) is 4.79 Å². The highest BCUT2D eigenvalue weighted by molar-refractivity contribution is 5.88. The van der Waals surface area contributed by atoms with Gasteiger partial charge in [-0.1, -0.05) is 38.1 Å². The van der Waals surface area contributed by atoms with E-state index in [1.807, 2.05) is 12.1 Å². The Hall–Kier alpha value is -1.15. The zero-order valence-electron chi connectivity index (χ0n) is 9.19. The zero-order valence-corrected chi connectivity index (χ0v) is 9.19. The van der Waals surface area contributed by atoms with Gasteiger partial charge in [0.05, 0.1) is 12.5 Å². The van der Waals surface area contributed by atoms with Gasteiger partial charge in [-0.05, 0) is 17.0 Å². The lowest BCUT2D eigenvalue weighted by molar-refractivity contribution is -0.118. The number of hydrogen-bond acceptors (Lipinski definition) is 2. The molecule has 1 atom stereocenters. The SMILES string of the molecule is CC(C)c1cccc([C@@H]2COCC2=O)c1. The summed E-state index contributed by atoms with van der Waals surface area (Å²) in [6.45, 7) is 5.13. The van der Waals surface area contributed by atoms with E-state index in [9.17, 15) is 4.79 Å². The maximum absolute atomic E-state index is 11.5. The van der Waals surface area contributed by atoms with Crippen LogP contribution in [0.1, 0.15) is 36.8 Å². The van der Waals surface area contributed by atoms with Crippen molar-refractivity contribution in [3.8, 4) is 0 Å². The molecule has 15 heavy (non-hydrogen) atoms. The maximum atomic E-state index is 11.5. The molecule has 1 aromatic rings. The molecule has 1 aliphatic heterocycles. The first kappa shape index (κ1) is 10.4. The molecule has 2 nitrogen and oxygen atoms in total. The van der Waals surface area contributed by atoms with E-state index < -0.39 is 0 Å². The van der Waals surface area contributed by atoms with Crippen molar-refractivity contribution >= 4 is 5.78 Å². The van der Waals surface area contributed by atoms with E-state index in [1.165, 1.54) is 5.56 Å². The number of rotatable bonds is 2. The van der Waals surface area contributed by atoms with Crippen molar-refractivity contribution in [2.75, 3.05) is 13.2 Å². The highest BCUT2D eigenvalue weighted by Crippen LogP contribution is 2.25. The lowest BCUT2D eigenvalue weighted by Crippen LogP contribution is -2.09. The van der Waals surface area contributed by atoms with Crippen molar-refractivity contribution in [2.45, 2.75) is 25.7 Å². The fraction of sp³-hybridized carbons (Fsp3) is 0.462. The van der Waals surface area contributed by atoms with Crippen LogP contribution in [0, 0.1) is 0 Å². The van der Waals surface area contributed by atoms with Gasteiger partial charge in [-0.15, -0.1) is 0 Å². The second-order valence-corrected chi connectivity index (χ2v) is 4.36. The predicted molar refractivity (Wildman–Crippen MR) is 59.1 cm³/mol. The summed E-state index contributed by atoms with van der Waals surface area (Å²) in [4.78, 5) is 11.5. The van der Waals surface area contributed by atoms with Crippen molar-refractivity contribution in [1.29, 1.82) is 0 Å². The lowest BCUT2D eigenvalue weighted by atomic mass is 9.93. The average Bonchev–Trinajstić information content (AvgIpc) is 2.64. The molecule has 0 saturated carbocycles. The highest BCUT2D eigenvalue weighted by Gasteiger charge is 2.26. The van der Waals surface area contributed by atoms with E-state index in [0.717, 1.165) is 5.56 Å². The molecular weight excluding hydrogens is 188 g/mol. The third kappa shape index (κ3) is 2.10. The molecule has 1 aromatic carbocycles. The van der Waals surface area contributed by atoms with Crippen LogP contribution in [0.2, 0.25) is 0 Å². The van der Waals surface area contributed by atoms with Crippen LogP contribution < -0.4 is 0 Å². The lowest BCUT2D eigenvalue weighted by Gasteiger charge is -2.11. The van der Waals surface area contributed by atoms with Gasteiger partial charge in [0, 0.05) is 0 Å². The molecule has 0 aliphatic carbocycles. The van der Waals surface area contributed by atoms with Crippen LogP contribution in [-0.4, -0.2) is 19.0 Å². The third-order valence-electron chi connectivity index (χ3n) is 2.90. The van der Waals surface area contributed by atoms with E-state index in [2.05, 4.69) is 26.0 Å². The number of carbonyl (C=O) groups is 1. The normalized spacial score (nSPS) is 21.3. The molecule has 2 heteroatoms. The average molecular weight is 204 g/mol. The summed E-state index contributed by atoms with van der Waals surface area (Å²) in [6, 6.07) is 8.27. The first-order valence-corrected chi connectivity index (χ1v) is 5.39. The maximum Gasteiger partial charge on any atom is 0.168 e. The molecule has 0 radical (unpaired) electrons. The Labute approximate surface area is 90.3 Å². The van der Waals surface area contributed by atoms with Gasteiger partial charge in [0.15, 0.2) is 5.78 Å². The van der Waals surface area contributed by atoms with E-state index in [-0.39, 0.29) is 18.3 Å². The van der Waals surface area contributed by atoms with Crippen LogP contribution in [0.5, 0.6) is 0 Å². The Morgan fingerprint density at radius 2 is 2.20 bits per heavy atom. The molecule has 0 unspecified atom stereocenters. The van der Waals surface area contributed by atoms with Crippen molar-refractivity contribution in [1.82, 2.24) is 0 Å². The standard InChI is InChI=1S/C13H16O2/c1-9(2)10-4-3-5-11(6-10)12-7-15-8-13(12)14/h3-6,9,12H,7-8H2,1-2H3/t12-/m0/s1. The van der Waals surface area contributed by atoms with Gasteiger partial charge >= 0.3 is 0 Å². The van der Waals surface area contributed by atoms with E-state index in [0.29, 0.717) is 12.5 Å². The van der Waals surface area contributed by atoms with Gasteiger partial charge in [0.25, 0.3) is 0 Å².